The van der Waals surface area contributed by atoms with Crippen LogP contribution in [0.3, 0.4) is 0 Å². The van der Waals surface area contributed by atoms with Crippen molar-refractivity contribution < 1.29 is 18.7 Å². The van der Waals surface area contributed by atoms with Gasteiger partial charge in [-0.25, -0.2) is 9.18 Å². The molecule has 4 rings (SSSR count). The normalized spacial score (nSPS) is 16.1. The van der Waals surface area contributed by atoms with E-state index in [4.69, 9.17) is 4.74 Å². The van der Waals surface area contributed by atoms with Crippen LogP contribution in [0.4, 0.5) is 4.39 Å². The van der Waals surface area contributed by atoms with Gasteiger partial charge < -0.3 is 9.72 Å². The molecule has 4 nitrogen and oxygen atoms in total. The van der Waals surface area contributed by atoms with Crippen LogP contribution in [0.15, 0.2) is 42.5 Å². The molecule has 0 saturated carbocycles. The summed E-state index contributed by atoms with van der Waals surface area (Å²) in [4.78, 5) is 27.9. The first-order valence-corrected chi connectivity index (χ1v) is 9.10. The fraction of sp³-hybridized carbons (Fsp3) is 0.273. The average molecular weight is 365 g/mol. The van der Waals surface area contributed by atoms with E-state index in [0.717, 1.165) is 23.7 Å². The van der Waals surface area contributed by atoms with Gasteiger partial charge in [-0.3, -0.25) is 4.79 Å². The van der Waals surface area contributed by atoms with Gasteiger partial charge in [0.2, 0.25) is 0 Å². The number of H-pyrrole nitrogens is 1. The topological polar surface area (TPSA) is 59.2 Å². The number of ether oxygens (including phenoxy) is 1. The number of aryl methyl sites for hydroxylation is 1. The van der Waals surface area contributed by atoms with E-state index in [1.807, 2.05) is 12.1 Å². The quantitative estimate of drug-likeness (QED) is 0.548. The van der Waals surface area contributed by atoms with Crippen molar-refractivity contribution >= 4 is 22.7 Å². The summed E-state index contributed by atoms with van der Waals surface area (Å²) >= 11 is 0. The summed E-state index contributed by atoms with van der Waals surface area (Å²) in [5.74, 6) is -0.690. The second-order valence-electron chi connectivity index (χ2n) is 7.20. The van der Waals surface area contributed by atoms with Crippen molar-refractivity contribution in [2.45, 2.75) is 26.2 Å². The number of nitrogens with one attached hydrogen (secondary N) is 1. The van der Waals surface area contributed by atoms with Crippen LogP contribution < -0.4 is 0 Å². The van der Waals surface area contributed by atoms with Gasteiger partial charge in [0.05, 0.1) is 5.56 Å². The standard InChI is InChI=1S/C22H20FNO3/c1-13-2-8-19-17(10-13)18-11-15(5-9-20(18)24-19)22(26)27-12-21(25)14-3-6-16(23)7-4-14/h3-7,9,11,13,24H,2,8,10,12H2,1H3/t13-/m0/s1. The molecule has 0 fully saturated rings. The Labute approximate surface area is 156 Å². The zero-order chi connectivity index (χ0) is 19.0. The van der Waals surface area contributed by atoms with Crippen LogP contribution in [0.2, 0.25) is 0 Å². The highest BCUT2D eigenvalue weighted by Gasteiger charge is 2.21. The average Bonchev–Trinajstić information content (AvgIpc) is 3.03. The summed E-state index contributed by atoms with van der Waals surface area (Å²) in [6.07, 6.45) is 3.19. The number of aromatic amines is 1. The van der Waals surface area contributed by atoms with Crippen LogP contribution in [-0.2, 0) is 17.6 Å². The molecule has 1 aromatic heterocycles. The molecule has 1 atom stereocenters. The SMILES string of the molecule is C[C@H]1CCc2[nH]c3ccc(C(=O)OCC(=O)c4ccc(F)cc4)cc3c2C1. The first kappa shape index (κ1) is 17.5. The summed E-state index contributed by atoms with van der Waals surface area (Å²) in [6, 6.07) is 10.6. The Bertz CT molecular complexity index is 1020. The van der Waals surface area contributed by atoms with Crippen molar-refractivity contribution in [2.24, 2.45) is 5.92 Å². The minimum Gasteiger partial charge on any atom is -0.454 e. The van der Waals surface area contributed by atoms with E-state index in [-0.39, 0.29) is 12.4 Å². The lowest BCUT2D eigenvalue weighted by Crippen LogP contribution is -2.14. The third kappa shape index (κ3) is 3.50. The van der Waals surface area contributed by atoms with Crippen molar-refractivity contribution in [3.63, 3.8) is 0 Å². The monoisotopic (exact) mass is 365 g/mol. The molecule has 1 N–H and O–H groups in total. The van der Waals surface area contributed by atoms with Crippen LogP contribution in [0.25, 0.3) is 10.9 Å². The Morgan fingerprint density at radius 3 is 2.67 bits per heavy atom. The Morgan fingerprint density at radius 1 is 1.15 bits per heavy atom. The van der Waals surface area contributed by atoms with E-state index in [1.54, 1.807) is 6.07 Å². The number of esters is 1. The third-order valence-corrected chi connectivity index (χ3v) is 5.17. The van der Waals surface area contributed by atoms with E-state index >= 15 is 0 Å². The third-order valence-electron chi connectivity index (χ3n) is 5.17. The molecule has 138 valence electrons. The number of Topliss-reactive ketones (excluding diaryl/α,β-unsaturated/α-hetero) is 1. The molecule has 3 aromatic rings. The van der Waals surface area contributed by atoms with Crippen molar-refractivity contribution in [2.75, 3.05) is 6.61 Å². The lowest BCUT2D eigenvalue weighted by Gasteiger charge is -2.18. The largest absolute Gasteiger partial charge is 0.454 e. The number of halogens is 1. The first-order chi connectivity index (χ1) is 13.0. The lowest BCUT2D eigenvalue weighted by molar-refractivity contribution is 0.0475. The number of benzene rings is 2. The Balaban J connectivity index is 1.50. The molecule has 0 aliphatic heterocycles. The molecule has 2 aromatic carbocycles. The number of hydrogen-bond donors (Lipinski definition) is 1. The second-order valence-corrected chi connectivity index (χ2v) is 7.20. The Morgan fingerprint density at radius 2 is 1.89 bits per heavy atom. The highest BCUT2D eigenvalue weighted by atomic mass is 19.1. The minimum absolute atomic E-state index is 0.313. The van der Waals surface area contributed by atoms with Crippen molar-refractivity contribution in [3.05, 3.63) is 70.7 Å². The molecule has 1 heterocycles. The number of carbonyl (C=O) groups is 2. The van der Waals surface area contributed by atoms with Crippen molar-refractivity contribution in [1.29, 1.82) is 0 Å². The maximum absolute atomic E-state index is 12.9. The summed E-state index contributed by atoms with van der Waals surface area (Å²) in [7, 11) is 0. The molecular formula is C22H20FNO3. The summed E-state index contributed by atoms with van der Waals surface area (Å²) in [6.45, 7) is 1.87. The molecule has 0 unspecified atom stereocenters. The van der Waals surface area contributed by atoms with Gasteiger partial charge in [0, 0.05) is 22.2 Å². The van der Waals surface area contributed by atoms with Crippen molar-refractivity contribution in [3.8, 4) is 0 Å². The predicted molar refractivity (Wildman–Crippen MR) is 101 cm³/mol. The molecule has 1 aliphatic carbocycles. The minimum atomic E-state index is -0.536. The summed E-state index contributed by atoms with van der Waals surface area (Å²) < 4.78 is 18.1. The maximum atomic E-state index is 12.9. The van der Waals surface area contributed by atoms with E-state index in [1.165, 1.54) is 41.9 Å². The fourth-order valence-corrected chi connectivity index (χ4v) is 3.65. The molecule has 0 amide bonds. The lowest BCUT2D eigenvalue weighted by atomic mass is 9.87. The molecule has 5 heteroatoms. The van der Waals surface area contributed by atoms with Gasteiger partial charge in [-0.1, -0.05) is 6.92 Å². The van der Waals surface area contributed by atoms with Crippen LogP contribution in [0.5, 0.6) is 0 Å². The van der Waals surface area contributed by atoms with E-state index < -0.39 is 11.8 Å². The number of rotatable bonds is 4. The van der Waals surface area contributed by atoms with Crippen LogP contribution >= 0.6 is 0 Å². The number of ketones is 1. The molecule has 0 bridgehead atoms. The smallest absolute Gasteiger partial charge is 0.338 e. The molecule has 0 saturated heterocycles. The van der Waals surface area contributed by atoms with Gasteiger partial charge in [0.15, 0.2) is 12.4 Å². The van der Waals surface area contributed by atoms with Gasteiger partial charge >= 0.3 is 5.97 Å². The first-order valence-electron chi connectivity index (χ1n) is 9.10. The zero-order valence-electron chi connectivity index (χ0n) is 15.0. The van der Waals surface area contributed by atoms with Crippen LogP contribution in [0.1, 0.15) is 45.3 Å². The Kier molecular flexibility index (Phi) is 4.52. The molecule has 1 aliphatic rings. The van der Waals surface area contributed by atoms with E-state index in [2.05, 4.69) is 11.9 Å². The highest BCUT2D eigenvalue weighted by molar-refractivity contribution is 6.00. The van der Waals surface area contributed by atoms with Gasteiger partial charge in [-0.15, -0.1) is 0 Å². The molecule has 0 spiro atoms. The highest BCUT2D eigenvalue weighted by Crippen LogP contribution is 2.32. The van der Waals surface area contributed by atoms with Crippen LogP contribution in [-0.4, -0.2) is 23.3 Å². The van der Waals surface area contributed by atoms with Gasteiger partial charge in [-0.2, -0.15) is 0 Å². The maximum Gasteiger partial charge on any atom is 0.338 e. The zero-order valence-corrected chi connectivity index (χ0v) is 15.0. The molecule has 27 heavy (non-hydrogen) atoms. The van der Waals surface area contributed by atoms with Gasteiger partial charge in [0.1, 0.15) is 5.82 Å². The summed E-state index contributed by atoms with van der Waals surface area (Å²) in [5.41, 5.74) is 4.29. The molecular weight excluding hydrogens is 345 g/mol. The van der Waals surface area contributed by atoms with Crippen molar-refractivity contribution in [1.82, 2.24) is 4.98 Å². The number of fused-ring (bicyclic) bond motifs is 3. The summed E-state index contributed by atoms with van der Waals surface area (Å²) in [5, 5.41) is 1.05. The predicted octanol–water partition coefficient (Wildman–Crippen LogP) is 4.47. The van der Waals surface area contributed by atoms with E-state index in [0.29, 0.717) is 17.0 Å². The van der Waals surface area contributed by atoms with Gasteiger partial charge in [-0.05, 0) is 73.2 Å². The number of aromatic nitrogens is 1. The molecule has 0 radical (unpaired) electrons. The Hall–Kier alpha value is -2.95. The second kappa shape index (κ2) is 6.99. The number of carbonyl (C=O) groups excluding carboxylic acids is 2. The van der Waals surface area contributed by atoms with Crippen LogP contribution in [0, 0.1) is 11.7 Å². The number of hydrogen-bond acceptors (Lipinski definition) is 3. The fourth-order valence-electron chi connectivity index (χ4n) is 3.65. The van der Waals surface area contributed by atoms with Gasteiger partial charge in [0.25, 0.3) is 0 Å². The van der Waals surface area contributed by atoms with E-state index in [9.17, 15) is 14.0 Å².